The van der Waals surface area contributed by atoms with E-state index in [4.69, 9.17) is 0 Å². The second kappa shape index (κ2) is 8.36. The van der Waals surface area contributed by atoms with E-state index in [1.165, 1.54) is 0 Å². The number of phenolic OH excluding ortho intramolecular Hbond substituents is 1. The molecule has 0 bridgehead atoms. The Labute approximate surface area is 137 Å². The van der Waals surface area contributed by atoms with Gasteiger partial charge in [0.2, 0.25) is 0 Å². The van der Waals surface area contributed by atoms with E-state index in [1.54, 1.807) is 24.4 Å². The van der Waals surface area contributed by atoms with Crippen molar-refractivity contribution in [3.05, 3.63) is 33.7 Å². The van der Waals surface area contributed by atoms with Gasteiger partial charge in [0.15, 0.2) is 0 Å². The summed E-state index contributed by atoms with van der Waals surface area (Å²) < 4.78 is 0. The highest BCUT2D eigenvalue weighted by atomic mass is 16.3. The number of hydrogen-bond acceptors (Lipinski definition) is 5. The molecule has 1 heterocycles. The molecule has 1 aliphatic heterocycles. The van der Waals surface area contributed by atoms with Gasteiger partial charge in [-0.2, -0.15) is 0 Å². The summed E-state index contributed by atoms with van der Waals surface area (Å²) >= 11 is 0. The predicted octanol–water partition coefficient (Wildman–Crippen LogP) is 3.15. The Hall–Kier alpha value is -2.30. The number of allylic oxidation sites excluding steroid dienone is 1. The average Bonchev–Trinajstić information content (AvgIpc) is 2.59. The summed E-state index contributed by atoms with van der Waals surface area (Å²) in [5.41, 5.74) is 0.883. The smallest absolute Gasteiger partial charge is 0.148 e. The lowest BCUT2D eigenvalue weighted by Gasteiger charge is -2.20. The summed E-state index contributed by atoms with van der Waals surface area (Å²) in [5, 5.41) is 17.9. The van der Waals surface area contributed by atoms with Gasteiger partial charge in [-0.05, 0) is 36.2 Å². The number of anilines is 1. The number of nitrogens with one attached hydrogen (secondary N) is 1. The minimum absolute atomic E-state index is 0.158. The third-order valence-electron chi connectivity index (χ3n) is 3.95. The summed E-state index contributed by atoms with van der Waals surface area (Å²) in [6.45, 7) is 6.20. The fourth-order valence-corrected chi connectivity index (χ4v) is 2.62. The molecule has 0 aromatic heterocycles. The van der Waals surface area contributed by atoms with E-state index >= 15 is 0 Å². The van der Waals surface area contributed by atoms with Gasteiger partial charge in [0.1, 0.15) is 11.4 Å². The number of phenols is 1. The quantitative estimate of drug-likeness (QED) is 0.571. The Morgan fingerprint density at radius 3 is 2.57 bits per heavy atom. The number of benzene rings is 1. The van der Waals surface area contributed by atoms with Crippen LogP contribution in [0.25, 0.3) is 12.3 Å². The molecule has 0 spiro atoms. The molecule has 5 nitrogen and oxygen atoms in total. The number of hydrogen-bond donors (Lipinski definition) is 2. The fourth-order valence-electron chi connectivity index (χ4n) is 2.62. The summed E-state index contributed by atoms with van der Waals surface area (Å²) in [7, 11) is 0. The number of nitroso groups, excluding NO2 is 1. The molecule has 0 radical (unpaired) electrons. The highest BCUT2D eigenvalue weighted by Gasteiger charge is 2.12. The first-order valence-corrected chi connectivity index (χ1v) is 8.29. The first kappa shape index (κ1) is 17.1. The Balaban J connectivity index is 2.46. The van der Waals surface area contributed by atoms with Crippen molar-refractivity contribution in [1.82, 2.24) is 4.90 Å². The number of nitrogens with zero attached hydrogens (tertiary/aromatic N) is 2. The maximum atomic E-state index is 11.1. The Bertz CT molecular complexity index is 687. The van der Waals surface area contributed by atoms with Crippen molar-refractivity contribution in [2.45, 2.75) is 39.5 Å². The third kappa shape index (κ3) is 4.12. The Morgan fingerprint density at radius 1 is 1.26 bits per heavy atom. The van der Waals surface area contributed by atoms with Gasteiger partial charge in [-0.15, -0.1) is 4.91 Å². The van der Waals surface area contributed by atoms with Crippen LogP contribution >= 0.6 is 0 Å². The number of unbranched alkanes of at least 4 members (excludes halogenated alkanes) is 2. The van der Waals surface area contributed by atoms with Crippen LogP contribution in [0.1, 0.15) is 39.5 Å². The monoisotopic (exact) mass is 315 g/mol. The summed E-state index contributed by atoms with van der Waals surface area (Å²) in [6, 6.07) is 1.66. The molecule has 1 aromatic rings. The van der Waals surface area contributed by atoms with E-state index < -0.39 is 0 Å². The lowest BCUT2D eigenvalue weighted by Crippen LogP contribution is -2.24. The third-order valence-corrected chi connectivity index (χ3v) is 3.95. The minimum atomic E-state index is 0.158. The second-order valence-electron chi connectivity index (χ2n) is 5.76. The number of fused-ring (bicyclic) bond motifs is 1. The summed E-state index contributed by atoms with van der Waals surface area (Å²) in [6.07, 6.45) is 11.7. The predicted molar refractivity (Wildman–Crippen MR) is 95.9 cm³/mol. The molecule has 23 heavy (non-hydrogen) atoms. The van der Waals surface area contributed by atoms with Crippen LogP contribution in [0.2, 0.25) is 0 Å². The Morgan fingerprint density at radius 2 is 1.96 bits per heavy atom. The van der Waals surface area contributed by atoms with Crippen molar-refractivity contribution in [1.29, 1.82) is 0 Å². The molecule has 0 saturated carbocycles. The van der Waals surface area contributed by atoms with E-state index in [9.17, 15) is 10.0 Å². The van der Waals surface area contributed by atoms with Crippen LogP contribution in [0.4, 0.5) is 11.4 Å². The van der Waals surface area contributed by atoms with E-state index in [2.05, 4.69) is 29.2 Å². The van der Waals surface area contributed by atoms with Crippen LogP contribution in [0, 0.1) is 4.91 Å². The van der Waals surface area contributed by atoms with Gasteiger partial charge in [0.25, 0.3) is 0 Å². The normalized spacial score (nSPS) is 13.2. The molecule has 0 fully saturated rings. The van der Waals surface area contributed by atoms with Crippen molar-refractivity contribution in [3.8, 4) is 5.75 Å². The van der Waals surface area contributed by atoms with Gasteiger partial charge in [0.05, 0.1) is 5.69 Å². The SMILES string of the molecule is CCCCN(C=c1cc(N=O)c2c(c1O)NC=CC=2)CCCC. The molecular weight excluding hydrogens is 290 g/mol. The fraction of sp³-hybridized carbons (Fsp3) is 0.444. The molecular formula is C18H25N3O2. The average molecular weight is 315 g/mol. The molecule has 0 aliphatic carbocycles. The molecule has 1 aliphatic rings. The summed E-state index contributed by atoms with van der Waals surface area (Å²) in [4.78, 5) is 13.4. The molecule has 2 rings (SSSR count). The van der Waals surface area contributed by atoms with Crippen LogP contribution < -0.4 is 15.8 Å². The van der Waals surface area contributed by atoms with Gasteiger partial charge in [-0.25, -0.2) is 0 Å². The molecule has 0 saturated heterocycles. The van der Waals surface area contributed by atoms with Crippen LogP contribution in [-0.2, 0) is 0 Å². The molecule has 2 N–H and O–H groups in total. The van der Waals surface area contributed by atoms with E-state index in [-0.39, 0.29) is 5.75 Å². The van der Waals surface area contributed by atoms with Gasteiger partial charge in [0, 0.05) is 35.9 Å². The standard InChI is InChI=1S/C18H25N3O2/c1-3-5-10-21(11-6-4-2)13-14-12-16(20-23)15-8-7-9-19-17(15)18(14)22/h7-9,12-13,19,22H,3-6,10-11H2,1-2H3. The first-order valence-electron chi connectivity index (χ1n) is 8.29. The number of rotatable bonds is 8. The van der Waals surface area contributed by atoms with Crippen molar-refractivity contribution in [3.63, 3.8) is 0 Å². The maximum Gasteiger partial charge on any atom is 0.148 e. The van der Waals surface area contributed by atoms with E-state index in [0.717, 1.165) is 38.8 Å². The van der Waals surface area contributed by atoms with Gasteiger partial charge < -0.3 is 15.3 Å². The van der Waals surface area contributed by atoms with Crippen molar-refractivity contribution >= 4 is 23.7 Å². The van der Waals surface area contributed by atoms with E-state index in [0.29, 0.717) is 21.8 Å². The molecule has 1 aromatic carbocycles. The summed E-state index contributed by atoms with van der Waals surface area (Å²) in [5.74, 6) is 0.158. The van der Waals surface area contributed by atoms with Gasteiger partial charge in [-0.1, -0.05) is 26.7 Å². The number of aromatic hydroxyl groups is 1. The molecule has 124 valence electrons. The largest absolute Gasteiger partial charge is 0.505 e. The lowest BCUT2D eigenvalue weighted by atomic mass is 10.1. The van der Waals surface area contributed by atoms with Crippen LogP contribution in [0.15, 0.2) is 23.5 Å². The van der Waals surface area contributed by atoms with Gasteiger partial charge in [-0.3, -0.25) is 0 Å². The van der Waals surface area contributed by atoms with Crippen molar-refractivity contribution in [2.24, 2.45) is 5.18 Å². The zero-order chi connectivity index (χ0) is 16.7. The van der Waals surface area contributed by atoms with Crippen molar-refractivity contribution < 1.29 is 5.11 Å². The highest BCUT2D eigenvalue weighted by Crippen LogP contribution is 2.20. The van der Waals surface area contributed by atoms with Crippen LogP contribution in [-0.4, -0.2) is 23.1 Å². The minimum Gasteiger partial charge on any atom is -0.505 e. The van der Waals surface area contributed by atoms with Gasteiger partial charge >= 0.3 is 0 Å². The highest BCUT2D eigenvalue weighted by molar-refractivity contribution is 5.72. The first-order chi connectivity index (χ1) is 11.2. The second-order valence-corrected chi connectivity index (χ2v) is 5.76. The topological polar surface area (TPSA) is 64.9 Å². The molecule has 0 unspecified atom stereocenters. The molecule has 0 amide bonds. The van der Waals surface area contributed by atoms with Crippen molar-refractivity contribution in [2.75, 3.05) is 18.4 Å². The maximum absolute atomic E-state index is 11.1. The Kier molecular flexibility index (Phi) is 6.20. The lowest BCUT2D eigenvalue weighted by molar-refractivity contribution is 0.389. The van der Waals surface area contributed by atoms with Crippen LogP contribution in [0.3, 0.4) is 0 Å². The zero-order valence-electron chi connectivity index (χ0n) is 13.9. The molecule has 0 atom stereocenters. The van der Waals surface area contributed by atoms with E-state index in [1.807, 2.05) is 6.20 Å². The van der Waals surface area contributed by atoms with Crippen LogP contribution in [0.5, 0.6) is 5.75 Å². The zero-order valence-corrected chi connectivity index (χ0v) is 13.9. The molecule has 5 heteroatoms.